The van der Waals surface area contributed by atoms with E-state index in [9.17, 15) is 9.59 Å². The van der Waals surface area contributed by atoms with Crippen molar-refractivity contribution in [3.05, 3.63) is 23.8 Å². The van der Waals surface area contributed by atoms with Crippen LogP contribution in [0.25, 0.3) is 0 Å². The van der Waals surface area contributed by atoms with Crippen molar-refractivity contribution < 1.29 is 24.2 Å². The first-order valence-corrected chi connectivity index (χ1v) is 8.00. The molecule has 0 aliphatic carbocycles. The second-order valence-electron chi connectivity index (χ2n) is 5.56. The van der Waals surface area contributed by atoms with Crippen molar-refractivity contribution in [2.45, 2.75) is 45.1 Å². The number of carboxylic acid groups (broad SMARTS) is 1. The van der Waals surface area contributed by atoms with E-state index in [0.29, 0.717) is 31.1 Å². The molecular weight excluding hydrogens is 298 g/mol. The van der Waals surface area contributed by atoms with Crippen LogP contribution in [0.4, 0.5) is 5.69 Å². The number of aliphatic carboxylic acids is 1. The van der Waals surface area contributed by atoms with E-state index in [0.717, 1.165) is 24.8 Å². The summed E-state index contributed by atoms with van der Waals surface area (Å²) in [6.07, 6.45) is 2.50. The number of hydrogen-bond acceptors (Lipinski definition) is 4. The van der Waals surface area contributed by atoms with Crippen molar-refractivity contribution in [2.24, 2.45) is 0 Å². The van der Waals surface area contributed by atoms with E-state index in [2.05, 4.69) is 5.32 Å². The molecule has 1 aliphatic rings. The molecule has 6 nitrogen and oxygen atoms in total. The number of amides is 1. The van der Waals surface area contributed by atoms with E-state index in [1.807, 2.05) is 13.0 Å². The summed E-state index contributed by atoms with van der Waals surface area (Å²) >= 11 is 0. The minimum atomic E-state index is -0.846. The quantitative estimate of drug-likeness (QED) is 0.769. The predicted octanol–water partition coefficient (Wildman–Crippen LogP) is 2.61. The minimum Gasteiger partial charge on any atom is -0.491 e. The van der Waals surface area contributed by atoms with E-state index < -0.39 is 12.1 Å². The highest BCUT2D eigenvalue weighted by molar-refractivity contribution is 5.95. The van der Waals surface area contributed by atoms with E-state index >= 15 is 0 Å². The number of benzene rings is 1. The molecule has 2 rings (SSSR count). The van der Waals surface area contributed by atoms with Crippen LogP contribution >= 0.6 is 0 Å². The first-order valence-electron chi connectivity index (χ1n) is 8.00. The number of carbonyl (C=O) groups excluding carboxylic acids is 1. The van der Waals surface area contributed by atoms with Crippen LogP contribution in [0.15, 0.2) is 18.2 Å². The maximum atomic E-state index is 12.2. The van der Waals surface area contributed by atoms with Crippen LogP contribution in [0.5, 0.6) is 5.75 Å². The highest BCUT2D eigenvalue weighted by Gasteiger charge is 2.24. The molecule has 1 aromatic carbocycles. The van der Waals surface area contributed by atoms with Crippen molar-refractivity contribution in [1.82, 2.24) is 0 Å². The highest BCUT2D eigenvalue weighted by Crippen LogP contribution is 2.28. The van der Waals surface area contributed by atoms with E-state index in [1.54, 1.807) is 12.1 Å². The Balaban J connectivity index is 2.11. The number of nitrogens with one attached hydrogen (secondary N) is 1. The van der Waals surface area contributed by atoms with Gasteiger partial charge in [0.05, 0.1) is 12.3 Å². The van der Waals surface area contributed by atoms with Crippen molar-refractivity contribution >= 4 is 17.6 Å². The summed E-state index contributed by atoms with van der Waals surface area (Å²) < 4.78 is 11.0. The molecule has 1 aliphatic heterocycles. The number of ether oxygens (including phenoxy) is 2. The maximum Gasteiger partial charge on any atom is 0.303 e. The maximum absolute atomic E-state index is 12.2. The lowest BCUT2D eigenvalue weighted by Crippen LogP contribution is -2.27. The van der Waals surface area contributed by atoms with Gasteiger partial charge in [-0.2, -0.15) is 0 Å². The van der Waals surface area contributed by atoms with Gasteiger partial charge >= 0.3 is 5.97 Å². The highest BCUT2D eigenvalue weighted by atomic mass is 16.5. The normalized spacial score (nSPS) is 17.0. The predicted molar refractivity (Wildman–Crippen MR) is 85.8 cm³/mol. The van der Waals surface area contributed by atoms with Gasteiger partial charge in [-0.25, -0.2) is 0 Å². The molecule has 0 spiro atoms. The molecule has 1 saturated heterocycles. The zero-order chi connectivity index (χ0) is 16.7. The average molecular weight is 321 g/mol. The van der Waals surface area contributed by atoms with Gasteiger partial charge in [-0.1, -0.05) is 13.0 Å². The second kappa shape index (κ2) is 8.53. The molecule has 0 radical (unpaired) electrons. The lowest BCUT2D eigenvalue weighted by Gasteiger charge is -2.15. The van der Waals surface area contributed by atoms with Crippen LogP contribution in [-0.4, -0.2) is 36.3 Å². The van der Waals surface area contributed by atoms with Gasteiger partial charge in [0.2, 0.25) is 0 Å². The average Bonchev–Trinajstić information content (AvgIpc) is 3.06. The van der Waals surface area contributed by atoms with Gasteiger partial charge < -0.3 is 19.9 Å². The number of aryl methyl sites for hydroxylation is 1. The summed E-state index contributed by atoms with van der Waals surface area (Å²) in [5.74, 6) is -0.433. The van der Waals surface area contributed by atoms with Gasteiger partial charge in [-0.15, -0.1) is 0 Å². The molecule has 1 aromatic rings. The fourth-order valence-electron chi connectivity index (χ4n) is 2.42. The van der Waals surface area contributed by atoms with Crippen molar-refractivity contribution in [2.75, 3.05) is 18.5 Å². The lowest BCUT2D eigenvalue weighted by molar-refractivity contribution is -0.137. The third kappa shape index (κ3) is 5.25. The zero-order valence-corrected chi connectivity index (χ0v) is 13.3. The Bertz CT molecular complexity index is 552. The Morgan fingerprint density at radius 3 is 2.91 bits per heavy atom. The van der Waals surface area contributed by atoms with E-state index in [-0.39, 0.29) is 12.3 Å². The van der Waals surface area contributed by atoms with E-state index in [4.69, 9.17) is 14.6 Å². The van der Waals surface area contributed by atoms with Crippen molar-refractivity contribution in [1.29, 1.82) is 0 Å². The zero-order valence-electron chi connectivity index (χ0n) is 13.3. The Morgan fingerprint density at radius 2 is 2.26 bits per heavy atom. The molecule has 1 unspecified atom stereocenters. The van der Waals surface area contributed by atoms with E-state index in [1.165, 1.54) is 0 Å². The number of carboxylic acids is 1. The molecule has 0 aromatic heterocycles. The molecule has 6 heteroatoms. The Labute approximate surface area is 135 Å². The summed E-state index contributed by atoms with van der Waals surface area (Å²) in [4.78, 5) is 22.9. The van der Waals surface area contributed by atoms with Crippen LogP contribution in [0, 0.1) is 0 Å². The SMILES string of the molecule is CCCOc1ccc(CCC(=O)O)cc1NC(=O)C1CCCO1. The van der Waals surface area contributed by atoms with Crippen LogP contribution in [0.2, 0.25) is 0 Å². The van der Waals surface area contributed by atoms with Crippen LogP contribution in [-0.2, 0) is 20.7 Å². The molecular formula is C17H23NO5. The third-order valence-corrected chi connectivity index (χ3v) is 3.61. The molecule has 0 saturated carbocycles. The third-order valence-electron chi connectivity index (χ3n) is 3.61. The van der Waals surface area contributed by atoms with Crippen molar-refractivity contribution in [3.63, 3.8) is 0 Å². The topological polar surface area (TPSA) is 84.9 Å². The molecule has 0 bridgehead atoms. The first-order chi connectivity index (χ1) is 11.1. The first kappa shape index (κ1) is 17.3. The smallest absolute Gasteiger partial charge is 0.303 e. The van der Waals surface area contributed by atoms with Crippen molar-refractivity contribution in [3.8, 4) is 5.75 Å². The van der Waals surface area contributed by atoms with Crippen LogP contribution in [0.1, 0.15) is 38.2 Å². The number of carbonyl (C=O) groups is 2. The Morgan fingerprint density at radius 1 is 1.43 bits per heavy atom. The summed E-state index contributed by atoms with van der Waals surface area (Å²) in [6, 6.07) is 5.38. The monoisotopic (exact) mass is 321 g/mol. The summed E-state index contributed by atoms with van der Waals surface area (Å²) in [7, 11) is 0. The van der Waals surface area contributed by atoms with Crippen LogP contribution in [0.3, 0.4) is 0 Å². The van der Waals surface area contributed by atoms with Gasteiger partial charge in [0.1, 0.15) is 11.9 Å². The molecule has 1 heterocycles. The molecule has 23 heavy (non-hydrogen) atoms. The second-order valence-corrected chi connectivity index (χ2v) is 5.56. The summed E-state index contributed by atoms with van der Waals surface area (Å²) in [6.45, 7) is 3.17. The van der Waals surface area contributed by atoms with Crippen LogP contribution < -0.4 is 10.1 Å². The summed E-state index contributed by atoms with van der Waals surface area (Å²) in [5.41, 5.74) is 1.42. The molecule has 2 N–H and O–H groups in total. The van der Waals surface area contributed by atoms with Gasteiger partial charge in [-0.05, 0) is 43.4 Å². The van der Waals surface area contributed by atoms with Gasteiger partial charge in [0, 0.05) is 13.0 Å². The van der Waals surface area contributed by atoms with Gasteiger partial charge in [-0.3, -0.25) is 9.59 Å². The number of rotatable bonds is 8. The molecule has 126 valence electrons. The fourth-order valence-corrected chi connectivity index (χ4v) is 2.42. The minimum absolute atomic E-state index is 0.0499. The van der Waals surface area contributed by atoms with Gasteiger partial charge in [0.15, 0.2) is 0 Å². The number of anilines is 1. The molecule has 1 atom stereocenters. The molecule has 1 amide bonds. The molecule has 1 fully saturated rings. The Hall–Kier alpha value is -2.08. The lowest BCUT2D eigenvalue weighted by atomic mass is 10.1. The van der Waals surface area contributed by atoms with Gasteiger partial charge in [0.25, 0.3) is 5.91 Å². The number of hydrogen-bond donors (Lipinski definition) is 2. The Kier molecular flexibility index (Phi) is 6.40. The largest absolute Gasteiger partial charge is 0.491 e. The standard InChI is InChI=1S/C17H23NO5/c1-2-9-22-14-7-5-12(6-8-16(19)20)11-13(14)18-17(21)15-4-3-10-23-15/h5,7,11,15H,2-4,6,8-10H2,1H3,(H,18,21)(H,19,20). The fraction of sp³-hybridized carbons (Fsp3) is 0.529. The summed E-state index contributed by atoms with van der Waals surface area (Å²) in [5, 5.41) is 11.6.